The molecular formula is C10H17N3OS. The normalized spacial score (nSPS) is 12.7. The molecule has 15 heavy (non-hydrogen) atoms. The minimum Gasteiger partial charge on any atom is -0.383 e. The largest absolute Gasteiger partial charge is 0.383 e. The molecule has 0 fully saturated rings. The van der Waals surface area contributed by atoms with Crippen molar-refractivity contribution in [3.05, 3.63) is 18.0 Å². The first-order valence-corrected chi connectivity index (χ1v) is 5.82. The van der Waals surface area contributed by atoms with E-state index in [2.05, 4.69) is 15.3 Å². The molecule has 0 spiro atoms. The van der Waals surface area contributed by atoms with Crippen LogP contribution < -0.4 is 5.32 Å². The van der Waals surface area contributed by atoms with Crippen LogP contribution in [0.25, 0.3) is 0 Å². The Kier molecular flexibility index (Phi) is 5.60. The number of methoxy groups -OCH3 is 1. The lowest BCUT2D eigenvalue weighted by Crippen LogP contribution is -2.32. The van der Waals surface area contributed by atoms with Gasteiger partial charge in [0.05, 0.1) is 6.61 Å². The van der Waals surface area contributed by atoms with Crippen LogP contribution in [0.3, 0.4) is 0 Å². The van der Waals surface area contributed by atoms with Crippen molar-refractivity contribution in [2.75, 3.05) is 26.5 Å². The van der Waals surface area contributed by atoms with E-state index in [9.17, 15) is 0 Å². The summed E-state index contributed by atoms with van der Waals surface area (Å²) in [7, 11) is 3.64. The number of aromatic nitrogens is 2. The van der Waals surface area contributed by atoms with E-state index in [-0.39, 0.29) is 0 Å². The predicted octanol–water partition coefficient (Wildman–Crippen LogP) is 1.11. The van der Waals surface area contributed by atoms with E-state index in [1.54, 1.807) is 18.9 Å². The Morgan fingerprint density at radius 2 is 2.13 bits per heavy atom. The monoisotopic (exact) mass is 227 g/mol. The molecule has 0 aliphatic heterocycles. The molecule has 1 N–H and O–H groups in total. The van der Waals surface area contributed by atoms with E-state index in [0.717, 1.165) is 16.5 Å². The van der Waals surface area contributed by atoms with Crippen LogP contribution in [-0.4, -0.2) is 42.5 Å². The quantitative estimate of drug-likeness (QED) is 0.583. The Bertz CT molecular complexity index is 279. The second-order valence-electron chi connectivity index (χ2n) is 3.29. The summed E-state index contributed by atoms with van der Waals surface area (Å²) >= 11 is 1.64. The molecule has 0 saturated carbocycles. The number of nitrogens with one attached hydrogen (secondary N) is 1. The smallest absolute Gasteiger partial charge is 0.187 e. The minimum absolute atomic E-state index is 0.338. The lowest BCUT2D eigenvalue weighted by Gasteiger charge is -2.13. The molecule has 0 aliphatic rings. The molecule has 0 bridgehead atoms. The highest BCUT2D eigenvalue weighted by atomic mass is 32.2. The second-order valence-corrected chi connectivity index (χ2v) is 4.28. The van der Waals surface area contributed by atoms with Crippen molar-refractivity contribution in [3.63, 3.8) is 0 Å². The molecule has 1 aromatic rings. The molecule has 0 radical (unpaired) electrons. The van der Waals surface area contributed by atoms with Gasteiger partial charge in [-0.25, -0.2) is 9.97 Å². The van der Waals surface area contributed by atoms with Gasteiger partial charge in [-0.15, -0.1) is 0 Å². The first-order chi connectivity index (χ1) is 7.26. The molecule has 84 valence electrons. The van der Waals surface area contributed by atoms with Crippen LogP contribution in [0, 0.1) is 6.92 Å². The van der Waals surface area contributed by atoms with Gasteiger partial charge in [-0.2, -0.15) is 0 Å². The third-order valence-electron chi connectivity index (χ3n) is 1.95. The van der Waals surface area contributed by atoms with Gasteiger partial charge < -0.3 is 10.1 Å². The van der Waals surface area contributed by atoms with Crippen molar-refractivity contribution in [3.8, 4) is 0 Å². The van der Waals surface area contributed by atoms with Gasteiger partial charge in [0.1, 0.15) is 0 Å². The van der Waals surface area contributed by atoms with Crippen molar-refractivity contribution in [2.45, 2.75) is 18.1 Å². The maximum atomic E-state index is 5.09. The Balaban J connectivity index is 2.38. The van der Waals surface area contributed by atoms with Crippen LogP contribution in [0.1, 0.15) is 5.56 Å². The molecule has 1 atom stereocenters. The first-order valence-electron chi connectivity index (χ1n) is 4.84. The molecule has 0 aliphatic carbocycles. The molecule has 0 saturated heterocycles. The topological polar surface area (TPSA) is 47.0 Å². The fourth-order valence-electron chi connectivity index (χ4n) is 1.05. The lowest BCUT2D eigenvalue weighted by molar-refractivity contribution is 0.177. The van der Waals surface area contributed by atoms with Crippen LogP contribution in [0.4, 0.5) is 0 Å². The summed E-state index contributed by atoms with van der Waals surface area (Å²) in [6.07, 6.45) is 3.67. The summed E-state index contributed by atoms with van der Waals surface area (Å²) in [4.78, 5) is 8.46. The van der Waals surface area contributed by atoms with Gasteiger partial charge in [0.15, 0.2) is 5.16 Å². The van der Waals surface area contributed by atoms with E-state index in [1.165, 1.54) is 0 Å². The van der Waals surface area contributed by atoms with Gasteiger partial charge >= 0.3 is 0 Å². The number of ether oxygens (including phenoxy) is 1. The van der Waals surface area contributed by atoms with Crippen molar-refractivity contribution in [1.29, 1.82) is 0 Å². The van der Waals surface area contributed by atoms with Crippen LogP contribution in [0.15, 0.2) is 17.6 Å². The number of nitrogens with zero attached hydrogens (tertiary/aromatic N) is 2. The Hall–Kier alpha value is -0.650. The van der Waals surface area contributed by atoms with Crippen LogP contribution in [0.5, 0.6) is 0 Å². The number of rotatable bonds is 6. The van der Waals surface area contributed by atoms with Crippen LogP contribution in [0.2, 0.25) is 0 Å². The zero-order valence-electron chi connectivity index (χ0n) is 9.36. The zero-order valence-corrected chi connectivity index (χ0v) is 10.2. The molecule has 5 heteroatoms. The maximum Gasteiger partial charge on any atom is 0.187 e. The standard InChI is InChI=1S/C10H17N3OS/c1-8-4-12-10(13-5-8)15-7-9(11-2)6-14-3/h4-5,9,11H,6-7H2,1-3H3. The maximum absolute atomic E-state index is 5.09. The molecule has 1 aromatic heterocycles. The fraction of sp³-hybridized carbons (Fsp3) is 0.600. The van der Waals surface area contributed by atoms with Gasteiger partial charge in [0.2, 0.25) is 0 Å². The van der Waals surface area contributed by atoms with Crippen molar-refractivity contribution >= 4 is 11.8 Å². The summed E-state index contributed by atoms with van der Waals surface area (Å²) in [5.41, 5.74) is 1.08. The fourth-order valence-corrected chi connectivity index (χ4v) is 1.91. The van der Waals surface area contributed by atoms with Crippen molar-refractivity contribution < 1.29 is 4.74 Å². The summed E-state index contributed by atoms with van der Waals surface area (Å²) in [5, 5.41) is 4.00. The van der Waals surface area contributed by atoms with Crippen LogP contribution in [-0.2, 0) is 4.74 Å². The van der Waals surface area contributed by atoms with Gasteiger partial charge in [-0.05, 0) is 19.5 Å². The predicted molar refractivity (Wildman–Crippen MR) is 62.2 cm³/mol. The highest BCUT2D eigenvalue weighted by Gasteiger charge is 2.07. The van der Waals surface area contributed by atoms with E-state index >= 15 is 0 Å². The van der Waals surface area contributed by atoms with Crippen molar-refractivity contribution in [2.24, 2.45) is 0 Å². The zero-order chi connectivity index (χ0) is 11.1. The SMILES string of the molecule is CNC(COC)CSc1ncc(C)cn1. The third-order valence-corrected chi connectivity index (χ3v) is 2.99. The second kappa shape index (κ2) is 6.76. The molecule has 1 unspecified atom stereocenters. The van der Waals surface area contributed by atoms with Crippen LogP contribution >= 0.6 is 11.8 Å². The van der Waals surface area contributed by atoms with E-state index < -0.39 is 0 Å². The van der Waals surface area contributed by atoms with Gasteiger partial charge in [0, 0.05) is 31.3 Å². The minimum atomic E-state index is 0.338. The average molecular weight is 227 g/mol. The van der Waals surface area contributed by atoms with Crippen molar-refractivity contribution in [1.82, 2.24) is 15.3 Å². The summed E-state index contributed by atoms with van der Waals surface area (Å²) in [6.45, 7) is 2.69. The van der Waals surface area contributed by atoms with Gasteiger partial charge in [-0.3, -0.25) is 0 Å². The Labute approximate surface area is 94.8 Å². The summed E-state index contributed by atoms with van der Waals surface area (Å²) in [6, 6.07) is 0.338. The molecule has 0 amide bonds. The lowest BCUT2D eigenvalue weighted by atomic mass is 10.4. The molecule has 0 aromatic carbocycles. The molecular weight excluding hydrogens is 210 g/mol. The third kappa shape index (κ3) is 4.59. The average Bonchev–Trinajstić information content (AvgIpc) is 2.26. The molecule has 1 heterocycles. The number of likely N-dealkylation sites (N-methyl/N-ethyl adjacent to an activating group) is 1. The Morgan fingerprint density at radius 1 is 1.47 bits per heavy atom. The van der Waals surface area contributed by atoms with E-state index in [0.29, 0.717) is 12.6 Å². The summed E-state index contributed by atoms with van der Waals surface area (Å²) < 4.78 is 5.09. The van der Waals surface area contributed by atoms with Gasteiger partial charge in [0.25, 0.3) is 0 Å². The van der Waals surface area contributed by atoms with E-state index in [1.807, 2.05) is 26.4 Å². The van der Waals surface area contributed by atoms with Gasteiger partial charge in [-0.1, -0.05) is 11.8 Å². The summed E-state index contributed by atoms with van der Waals surface area (Å²) in [5.74, 6) is 0.910. The molecule has 4 nitrogen and oxygen atoms in total. The molecule has 1 rings (SSSR count). The number of aryl methyl sites for hydroxylation is 1. The number of thioether (sulfide) groups is 1. The number of hydrogen-bond donors (Lipinski definition) is 1. The first kappa shape index (κ1) is 12.4. The number of hydrogen-bond acceptors (Lipinski definition) is 5. The highest BCUT2D eigenvalue weighted by Crippen LogP contribution is 2.13. The van der Waals surface area contributed by atoms with E-state index in [4.69, 9.17) is 4.74 Å². The Morgan fingerprint density at radius 3 is 2.67 bits per heavy atom. The highest BCUT2D eigenvalue weighted by molar-refractivity contribution is 7.99.